The Morgan fingerprint density at radius 2 is 1.77 bits per heavy atom. The van der Waals surface area contributed by atoms with Crippen molar-refractivity contribution >= 4 is 11.8 Å². The Labute approximate surface area is 152 Å². The number of carbonyl (C=O) groups excluding carboxylic acids is 1. The Kier molecular flexibility index (Phi) is 4.94. The lowest BCUT2D eigenvalue weighted by atomic mass is 9.96. The van der Waals surface area contributed by atoms with Crippen LogP contribution in [0.5, 0.6) is 0 Å². The molecule has 0 bridgehead atoms. The average molecular weight is 356 g/mol. The number of hydrogen-bond donors (Lipinski definition) is 1. The van der Waals surface area contributed by atoms with E-state index in [1.165, 1.54) is 31.9 Å². The molecule has 2 aromatic rings. The third kappa shape index (κ3) is 3.76. The van der Waals surface area contributed by atoms with Crippen molar-refractivity contribution in [3.63, 3.8) is 0 Å². The molecule has 9 heteroatoms. The number of aromatic nitrogens is 5. The molecule has 1 aliphatic carbocycles. The average Bonchev–Trinajstić information content (AvgIpc) is 3.24. The summed E-state index contributed by atoms with van der Waals surface area (Å²) in [6.45, 7) is 2.90. The lowest BCUT2D eigenvalue weighted by molar-refractivity contribution is 0.186. The van der Waals surface area contributed by atoms with Crippen molar-refractivity contribution in [1.29, 1.82) is 0 Å². The summed E-state index contributed by atoms with van der Waals surface area (Å²) < 4.78 is 1.61. The Balaban J connectivity index is 1.33. The monoisotopic (exact) mass is 356 g/mol. The van der Waals surface area contributed by atoms with Gasteiger partial charge in [-0.25, -0.2) is 24.4 Å². The minimum atomic E-state index is 0.0718. The maximum Gasteiger partial charge on any atom is 0.317 e. The zero-order valence-electron chi connectivity index (χ0n) is 14.8. The number of piperazine rings is 1. The molecule has 0 aromatic carbocycles. The van der Waals surface area contributed by atoms with Gasteiger partial charge in [0.25, 0.3) is 0 Å². The van der Waals surface area contributed by atoms with Crippen LogP contribution in [-0.4, -0.2) is 67.9 Å². The number of hydrogen-bond acceptors (Lipinski definition) is 6. The molecule has 0 radical (unpaired) electrons. The number of nitrogens with zero attached hydrogens (tertiary/aromatic N) is 7. The first kappa shape index (κ1) is 16.7. The largest absolute Gasteiger partial charge is 0.353 e. The van der Waals surface area contributed by atoms with Crippen LogP contribution in [0.3, 0.4) is 0 Å². The highest BCUT2D eigenvalue weighted by molar-refractivity contribution is 5.75. The summed E-state index contributed by atoms with van der Waals surface area (Å²) >= 11 is 0. The molecule has 138 valence electrons. The van der Waals surface area contributed by atoms with Crippen LogP contribution >= 0.6 is 0 Å². The van der Waals surface area contributed by atoms with E-state index in [1.54, 1.807) is 11.0 Å². The summed E-state index contributed by atoms with van der Waals surface area (Å²) in [6, 6.07) is 2.32. The molecular weight excluding hydrogens is 332 g/mol. The van der Waals surface area contributed by atoms with Crippen molar-refractivity contribution in [3.8, 4) is 5.82 Å². The minimum Gasteiger partial charge on any atom is -0.353 e. The van der Waals surface area contributed by atoms with E-state index in [-0.39, 0.29) is 6.03 Å². The number of anilines is 1. The molecule has 1 saturated carbocycles. The zero-order chi connectivity index (χ0) is 17.8. The van der Waals surface area contributed by atoms with E-state index in [2.05, 4.69) is 30.3 Å². The Hall–Kier alpha value is -2.71. The molecule has 0 atom stereocenters. The summed E-state index contributed by atoms with van der Waals surface area (Å²) in [5.74, 6) is 1.53. The van der Waals surface area contributed by atoms with Crippen LogP contribution in [0.4, 0.5) is 10.6 Å². The molecule has 26 heavy (non-hydrogen) atoms. The van der Waals surface area contributed by atoms with Gasteiger partial charge in [-0.1, -0.05) is 19.3 Å². The van der Waals surface area contributed by atoms with Crippen LogP contribution in [0.15, 0.2) is 25.0 Å². The smallest absolute Gasteiger partial charge is 0.317 e. The van der Waals surface area contributed by atoms with Gasteiger partial charge < -0.3 is 15.1 Å². The fraction of sp³-hybridized carbons (Fsp3) is 0.588. The standard InChI is InChI=1S/C17H24N8O/c26-17(22-14-4-2-1-3-5-14)24-8-6-23(7-9-24)15-10-16(20-12-19-15)25-13-18-11-21-25/h10-14H,1-9H2,(H,22,26). The van der Waals surface area contributed by atoms with Crippen molar-refractivity contribution in [1.82, 2.24) is 34.9 Å². The van der Waals surface area contributed by atoms with E-state index in [0.29, 0.717) is 24.9 Å². The highest BCUT2D eigenvalue weighted by Crippen LogP contribution is 2.19. The maximum atomic E-state index is 12.5. The van der Waals surface area contributed by atoms with E-state index in [0.717, 1.165) is 31.7 Å². The molecule has 2 aromatic heterocycles. The van der Waals surface area contributed by atoms with Crippen LogP contribution in [0.25, 0.3) is 5.82 Å². The number of amides is 2. The van der Waals surface area contributed by atoms with Gasteiger partial charge in [0.05, 0.1) is 0 Å². The van der Waals surface area contributed by atoms with Crippen LogP contribution < -0.4 is 10.2 Å². The van der Waals surface area contributed by atoms with Gasteiger partial charge in [0, 0.05) is 38.3 Å². The third-order valence-corrected chi connectivity index (χ3v) is 5.12. The fourth-order valence-electron chi connectivity index (χ4n) is 3.61. The molecule has 2 aliphatic rings. The molecule has 2 fully saturated rings. The first-order valence-corrected chi connectivity index (χ1v) is 9.27. The molecule has 0 spiro atoms. The van der Waals surface area contributed by atoms with Gasteiger partial charge in [0.15, 0.2) is 5.82 Å². The van der Waals surface area contributed by atoms with Crippen molar-refractivity contribution in [3.05, 3.63) is 25.0 Å². The van der Waals surface area contributed by atoms with E-state index in [4.69, 9.17) is 0 Å². The second kappa shape index (κ2) is 7.67. The van der Waals surface area contributed by atoms with Crippen molar-refractivity contribution in [2.75, 3.05) is 31.1 Å². The molecule has 4 rings (SSSR count). The summed E-state index contributed by atoms with van der Waals surface area (Å²) in [6.07, 6.45) is 10.6. The second-order valence-corrected chi connectivity index (χ2v) is 6.83. The molecule has 9 nitrogen and oxygen atoms in total. The zero-order valence-corrected chi connectivity index (χ0v) is 14.8. The lowest BCUT2D eigenvalue weighted by Crippen LogP contribution is -2.53. The lowest BCUT2D eigenvalue weighted by Gasteiger charge is -2.36. The van der Waals surface area contributed by atoms with Gasteiger partial charge in [-0.3, -0.25) is 0 Å². The van der Waals surface area contributed by atoms with Crippen LogP contribution in [-0.2, 0) is 0 Å². The summed E-state index contributed by atoms with van der Waals surface area (Å²) in [5.41, 5.74) is 0. The number of carbonyl (C=O) groups is 1. The van der Waals surface area contributed by atoms with E-state index < -0.39 is 0 Å². The van der Waals surface area contributed by atoms with Gasteiger partial charge in [-0.15, -0.1) is 0 Å². The highest BCUT2D eigenvalue weighted by Gasteiger charge is 2.24. The van der Waals surface area contributed by atoms with Crippen molar-refractivity contribution < 1.29 is 4.79 Å². The fourth-order valence-corrected chi connectivity index (χ4v) is 3.61. The predicted molar refractivity (Wildman–Crippen MR) is 96.1 cm³/mol. The molecule has 1 N–H and O–H groups in total. The Morgan fingerprint density at radius 1 is 1.00 bits per heavy atom. The molecule has 2 amide bonds. The Bertz CT molecular complexity index is 720. The van der Waals surface area contributed by atoms with Crippen LogP contribution in [0.1, 0.15) is 32.1 Å². The molecule has 0 unspecified atom stereocenters. The van der Waals surface area contributed by atoms with Gasteiger partial charge >= 0.3 is 6.03 Å². The first-order valence-electron chi connectivity index (χ1n) is 9.27. The quantitative estimate of drug-likeness (QED) is 0.889. The molecule has 1 saturated heterocycles. The van der Waals surface area contributed by atoms with Gasteiger partial charge in [0.2, 0.25) is 0 Å². The number of nitrogens with one attached hydrogen (secondary N) is 1. The predicted octanol–water partition coefficient (Wildman–Crippen LogP) is 1.22. The van der Waals surface area contributed by atoms with Gasteiger partial charge in [-0.05, 0) is 12.8 Å². The summed E-state index contributed by atoms with van der Waals surface area (Å²) in [5, 5.41) is 7.29. The number of rotatable bonds is 3. The van der Waals surface area contributed by atoms with E-state index >= 15 is 0 Å². The summed E-state index contributed by atoms with van der Waals surface area (Å²) in [7, 11) is 0. The van der Waals surface area contributed by atoms with E-state index in [1.807, 2.05) is 11.0 Å². The van der Waals surface area contributed by atoms with E-state index in [9.17, 15) is 4.79 Å². The van der Waals surface area contributed by atoms with Crippen LogP contribution in [0, 0.1) is 0 Å². The first-order chi connectivity index (χ1) is 12.8. The van der Waals surface area contributed by atoms with Crippen LogP contribution in [0.2, 0.25) is 0 Å². The Morgan fingerprint density at radius 3 is 2.50 bits per heavy atom. The van der Waals surface area contributed by atoms with Gasteiger partial charge in [0.1, 0.15) is 24.8 Å². The molecule has 3 heterocycles. The normalized spacial score (nSPS) is 18.8. The van der Waals surface area contributed by atoms with Crippen molar-refractivity contribution in [2.24, 2.45) is 0 Å². The van der Waals surface area contributed by atoms with Crippen molar-refractivity contribution in [2.45, 2.75) is 38.1 Å². The highest BCUT2D eigenvalue weighted by atomic mass is 16.2. The third-order valence-electron chi connectivity index (χ3n) is 5.12. The SMILES string of the molecule is O=C(NC1CCCCC1)N1CCN(c2cc(-n3cncn3)ncn2)CC1. The topological polar surface area (TPSA) is 92.1 Å². The number of urea groups is 1. The molecule has 1 aliphatic heterocycles. The van der Waals surface area contributed by atoms with Gasteiger partial charge in [-0.2, -0.15) is 5.10 Å². The maximum absolute atomic E-state index is 12.5. The minimum absolute atomic E-state index is 0.0718. The second-order valence-electron chi connectivity index (χ2n) is 6.83. The summed E-state index contributed by atoms with van der Waals surface area (Å²) in [4.78, 5) is 29.1. The molecular formula is C17H24N8O.